The summed E-state index contributed by atoms with van der Waals surface area (Å²) in [7, 11) is 0. The van der Waals surface area contributed by atoms with Crippen LogP contribution in [0.5, 0.6) is 11.5 Å². The van der Waals surface area contributed by atoms with E-state index in [0.717, 1.165) is 83.6 Å². The first-order valence-corrected chi connectivity index (χ1v) is 17.4. The first kappa shape index (κ1) is 34.1. The van der Waals surface area contributed by atoms with Gasteiger partial charge in [0.2, 0.25) is 0 Å². The smallest absolute Gasteiger partial charge is 0.509 e. The molecule has 0 aliphatic heterocycles. The molecular weight excluding hydrogens is 743 g/mol. The number of nitrogens with zero attached hydrogens (tertiary/aromatic N) is 4. The molecule has 0 unspecified atom stereocenters. The standard InChI is InChI=1S/C47H34N4O.Pd/c1-31-26-27-48-45(28-31)50-43-23-11-10-20-41(43)42-25-24-38(30-44(42)50)52-37-19-12-18-36(29-37)51-33(3)46(32(2)49-51)47-39(34-14-6-4-7-15-34)21-13-22-40(47)35-16-8-5-9-17-35;/h4-28H,1-3H3;/q-2;+2. The first-order valence-electron chi connectivity index (χ1n) is 17.4. The van der Waals surface area contributed by atoms with Gasteiger partial charge in [-0.05, 0) is 77.9 Å². The second-order valence-corrected chi connectivity index (χ2v) is 13.0. The van der Waals surface area contributed by atoms with Crippen LogP contribution < -0.4 is 4.74 Å². The zero-order valence-electron chi connectivity index (χ0n) is 29.4. The van der Waals surface area contributed by atoms with E-state index in [1.165, 1.54) is 0 Å². The van der Waals surface area contributed by atoms with E-state index < -0.39 is 0 Å². The summed E-state index contributed by atoms with van der Waals surface area (Å²) < 4.78 is 10.6. The van der Waals surface area contributed by atoms with Crippen LogP contribution in [0.15, 0.2) is 152 Å². The van der Waals surface area contributed by atoms with Gasteiger partial charge in [0.25, 0.3) is 0 Å². The van der Waals surface area contributed by atoms with E-state index in [9.17, 15) is 0 Å². The predicted molar refractivity (Wildman–Crippen MR) is 210 cm³/mol. The number of rotatable bonds is 7. The second-order valence-electron chi connectivity index (χ2n) is 13.0. The summed E-state index contributed by atoms with van der Waals surface area (Å²) in [4.78, 5) is 4.71. The van der Waals surface area contributed by atoms with E-state index >= 15 is 0 Å². The van der Waals surface area contributed by atoms with Crippen LogP contribution in [0.1, 0.15) is 17.0 Å². The quantitative estimate of drug-likeness (QED) is 0.120. The minimum atomic E-state index is 0. The molecule has 0 saturated carbocycles. The van der Waals surface area contributed by atoms with E-state index in [4.69, 9.17) is 14.8 Å². The van der Waals surface area contributed by atoms with Crippen molar-refractivity contribution in [2.75, 3.05) is 0 Å². The monoisotopic (exact) mass is 776 g/mol. The van der Waals surface area contributed by atoms with Gasteiger partial charge < -0.3 is 9.30 Å². The van der Waals surface area contributed by atoms with Gasteiger partial charge in [-0.3, -0.25) is 4.68 Å². The molecular formula is C47H34N4OPd. The third-order valence-electron chi connectivity index (χ3n) is 9.66. The molecule has 0 atom stereocenters. The Morgan fingerprint density at radius 1 is 0.585 bits per heavy atom. The van der Waals surface area contributed by atoms with Gasteiger partial charge in [0, 0.05) is 40.0 Å². The Morgan fingerprint density at radius 2 is 1.25 bits per heavy atom. The summed E-state index contributed by atoms with van der Waals surface area (Å²) in [6.45, 7) is 6.30. The molecule has 0 amide bonds. The zero-order chi connectivity index (χ0) is 35.2. The van der Waals surface area contributed by atoms with Crippen molar-refractivity contribution in [3.8, 4) is 56.4 Å². The normalized spacial score (nSPS) is 11.2. The summed E-state index contributed by atoms with van der Waals surface area (Å²) in [6, 6.07) is 57.2. The van der Waals surface area contributed by atoms with Crippen LogP contribution in [0.25, 0.3) is 66.7 Å². The molecule has 9 aromatic rings. The topological polar surface area (TPSA) is 44.9 Å². The largest absolute Gasteiger partial charge is 2.00 e. The molecule has 0 N–H and O–H groups in total. The van der Waals surface area contributed by atoms with E-state index in [2.05, 4.69) is 153 Å². The molecule has 53 heavy (non-hydrogen) atoms. The van der Waals surface area contributed by atoms with E-state index in [0.29, 0.717) is 11.5 Å². The molecule has 3 heterocycles. The number of fused-ring (bicyclic) bond motifs is 3. The van der Waals surface area contributed by atoms with Crippen molar-refractivity contribution in [3.63, 3.8) is 0 Å². The van der Waals surface area contributed by atoms with Crippen LogP contribution in [0.3, 0.4) is 0 Å². The predicted octanol–water partition coefficient (Wildman–Crippen LogP) is 11.7. The number of para-hydroxylation sites is 1. The van der Waals surface area contributed by atoms with Crippen LogP contribution in [-0.2, 0) is 20.4 Å². The first-order chi connectivity index (χ1) is 25.5. The van der Waals surface area contributed by atoms with Crippen molar-refractivity contribution in [3.05, 3.63) is 181 Å². The molecule has 0 saturated heterocycles. The number of benzene rings is 6. The van der Waals surface area contributed by atoms with Gasteiger partial charge in [-0.25, -0.2) is 4.98 Å². The van der Waals surface area contributed by atoms with Gasteiger partial charge >= 0.3 is 20.4 Å². The Balaban J connectivity index is 0.00000400. The second kappa shape index (κ2) is 14.2. The fourth-order valence-electron chi connectivity index (χ4n) is 7.33. The maximum Gasteiger partial charge on any atom is 2.00 e. The van der Waals surface area contributed by atoms with Crippen molar-refractivity contribution in [2.24, 2.45) is 0 Å². The van der Waals surface area contributed by atoms with Crippen molar-refractivity contribution in [1.29, 1.82) is 0 Å². The van der Waals surface area contributed by atoms with Crippen LogP contribution in [0, 0.1) is 32.9 Å². The van der Waals surface area contributed by atoms with Crippen LogP contribution in [-0.4, -0.2) is 19.3 Å². The van der Waals surface area contributed by atoms with Gasteiger partial charge in [0.1, 0.15) is 5.82 Å². The molecule has 6 aromatic carbocycles. The fourth-order valence-corrected chi connectivity index (χ4v) is 7.33. The summed E-state index contributed by atoms with van der Waals surface area (Å²) >= 11 is 0. The zero-order valence-corrected chi connectivity index (χ0v) is 31.0. The van der Waals surface area contributed by atoms with Gasteiger partial charge in [0.05, 0.1) is 5.69 Å². The van der Waals surface area contributed by atoms with Gasteiger partial charge in [-0.15, -0.1) is 35.7 Å². The number of ether oxygens (including phenoxy) is 1. The van der Waals surface area contributed by atoms with Gasteiger partial charge in [0.15, 0.2) is 0 Å². The Labute approximate surface area is 322 Å². The molecule has 6 heteroatoms. The molecule has 0 aliphatic rings. The summed E-state index contributed by atoms with van der Waals surface area (Å²) in [5.74, 6) is 2.02. The number of hydrogen-bond donors (Lipinski definition) is 0. The van der Waals surface area contributed by atoms with E-state index in [1.54, 1.807) is 0 Å². The van der Waals surface area contributed by atoms with Crippen LogP contribution in [0.4, 0.5) is 0 Å². The molecule has 9 rings (SSSR count). The average Bonchev–Trinajstić information content (AvgIpc) is 3.67. The van der Waals surface area contributed by atoms with Crippen molar-refractivity contribution < 1.29 is 25.2 Å². The van der Waals surface area contributed by atoms with Crippen LogP contribution in [0.2, 0.25) is 0 Å². The fraction of sp³-hybridized carbons (Fsp3) is 0.0638. The SMILES string of the molecule is Cc1ccnc(-n2c3[c-]c(Oc4[c-]c(-n5nc(C)c(-c6c(-c7ccccc7)cccc6-c6ccccc6)c5C)ccc4)ccc3c3ccccc32)c1.[Pd+2]. The average molecular weight is 777 g/mol. The van der Waals surface area contributed by atoms with E-state index in [1.807, 2.05) is 41.2 Å². The summed E-state index contributed by atoms with van der Waals surface area (Å²) in [5, 5.41) is 7.33. The number of aryl methyl sites for hydroxylation is 2. The maximum absolute atomic E-state index is 6.49. The molecule has 0 spiro atoms. The Hall–Kier alpha value is -6.06. The molecule has 0 fully saturated rings. The van der Waals surface area contributed by atoms with Gasteiger partial charge in [-0.1, -0.05) is 103 Å². The summed E-state index contributed by atoms with van der Waals surface area (Å²) in [6.07, 6.45) is 1.85. The third-order valence-corrected chi connectivity index (χ3v) is 9.66. The maximum atomic E-state index is 6.49. The number of aromatic nitrogens is 4. The molecule has 3 aromatic heterocycles. The minimum absolute atomic E-state index is 0. The number of pyridine rings is 1. The summed E-state index contributed by atoms with van der Waals surface area (Å²) in [5.41, 5.74) is 12.8. The Kier molecular flexibility index (Phi) is 9.10. The number of hydrogen-bond acceptors (Lipinski definition) is 3. The molecule has 258 valence electrons. The van der Waals surface area contributed by atoms with Crippen molar-refractivity contribution >= 4 is 21.8 Å². The Bertz CT molecular complexity index is 2690. The third kappa shape index (κ3) is 6.17. The van der Waals surface area contributed by atoms with E-state index in [-0.39, 0.29) is 20.4 Å². The van der Waals surface area contributed by atoms with Gasteiger partial charge in [-0.2, -0.15) is 17.2 Å². The van der Waals surface area contributed by atoms with Crippen molar-refractivity contribution in [1.82, 2.24) is 19.3 Å². The molecule has 0 bridgehead atoms. The van der Waals surface area contributed by atoms with Crippen LogP contribution >= 0.6 is 0 Å². The van der Waals surface area contributed by atoms with Crippen molar-refractivity contribution in [2.45, 2.75) is 20.8 Å². The molecule has 0 radical (unpaired) electrons. The Morgan fingerprint density at radius 3 is 1.96 bits per heavy atom. The molecule has 0 aliphatic carbocycles. The minimum Gasteiger partial charge on any atom is -0.509 e. The molecule has 5 nitrogen and oxygen atoms in total.